The highest BCUT2D eigenvalue weighted by molar-refractivity contribution is 7.13. The monoisotopic (exact) mass is 231 g/mol. The average Bonchev–Trinajstić information content (AvgIpc) is 2.69. The Morgan fingerprint density at radius 1 is 1.53 bits per heavy atom. The fourth-order valence-electron chi connectivity index (χ4n) is 1.01. The van der Waals surface area contributed by atoms with Gasteiger partial charge in [0.2, 0.25) is 5.01 Å². The van der Waals surface area contributed by atoms with Crippen LogP contribution in [0.15, 0.2) is 6.20 Å². The van der Waals surface area contributed by atoms with E-state index in [0.717, 1.165) is 4.88 Å². The van der Waals surface area contributed by atoms with E-state index in [1.165, 1.54) is 25.6 Å². The number of hydrogen-bond acceptors (Lipinski definition) is 6. The molecule has 1 rings (SSSR count). The maximum atomic E-state index is 11.3. The summed E-state index contributed by atoms with van der Waals surface area (Å²) in [6, 6.07) is 0. The maximum absolute atomic E-state index is 11.3. The SMILES string of the molecule is CCOC(=O)c1ncc(C(OC)OC)s1. The molecule has 0 unspecified atom stereocenters. The summed E-state index contributed by atoms with van der Waals surface area (Å²) in [4.78, 5) is 16.0. The molecular weight excluding hydrogens is 218 g/mol. The number of esters is 1. The lowest BCUT2D eigenvalue weighted by molar-refractivity contribution is -0.103. The first-order valence-electron chi connectivity index (χ1n) is 4.41. The van der Waals surface area contributed by atoms with E-state index in [0.29, 0.717) is 11.6 Å². The smallest absolute Gasteiger partial charge is 0.367 e. The highest BCUT2D eigenvalue weighted by atomic mass is 32.1. The van der Waals surface area contributed by atoms with E-state index in [4.69, 9.17) is 14.2 Å². The minimum Gasteiger partial charge on any atom is -0.461 e. The van der Waals surface area contributed by atoms with Gasteiger partial charge in [-0.15, -0.1) is 11.3 Å². The largest absolute Gasteiger partial charge is 0.461 e. The fourth-order valence-corrected chi connectivity index (χ4v) is 1.88. The third-order valence-electron chi connectivity index (χ3n) is 1.63. The number of thiazole rings is 1. The van der Waals surface area contributed by atoms with E-state index >= 15 is 0 Å². The topological polar surface area (TPSA) is 57.7 Å². The number of nitrogens with zero attached hydrogens (tertiary/aromatic N) is 1. The number of hydrogen-bond donors (Lipinski definition) is 0. The molecule has 0 saturated heterocycles. The molecule has 15 heavy (non-hydrogen) atoms. The number of ether oxygens (including phenoxy) is 3. The summed E-state index contributed by atoms with van der Waals surface area (Å²) in [7, 11) is 3.05. The van der Waals surface area contributed by atoms with Gasteiger partial charge in [-0.05, 0) is 6.92 Å². The third-order valence-corrected chi connectivity index (χ3v) is 2.63. The van der Waals surface area contributed by atoms with Gasteiger partial charge >= 0.3 is 5.97 Å². The minimum atomic E-state index is -0.481. The van der Waals surface area contributed by atoms with Crippen LogP contribution < -0.4 is 0 Å². The van der Waals surface area contributed by atoms with Gasteiger partial charge in [0.1, 0.15) is 0 Å². The number of methoxy groups -OCH3 is 2. The van der Waals surface area contributed by atoms with Crippen molar-refractivity contribution < 1.29 is 19.0 Å². The molecule has 0 aliphatic heterocycles. The standard InChI is InChI=1S/C9H13NO4S/c1-4-14-8(11)7-10-5-6(15-7)9(12-2)13-3/h5,9H,4H2,1-3H3. The molecule has 0 aliphatic carbocycles. The van der Waals surface area contributed by atoms with Gasteiger partial charge in [0.25, 0.3) is 0 Å². The average molecular weight is 231 g/mol. The van der Waals surface area contributed by atoms with E-state index in [1.807, 2.05) is 0 Å². The molecule has 0 bridgehead atoms. The van der Waals surface area contributed by atoms with Crippen LogP contribution in [0.25, 0.3) is 0 Å². The summed E-state index contributed by atoms with van der Waals surface area (Å²) >= 11 is 1.20. The molecule has 0 saturated carbocycles. The van der Waals surface area contributed by atoms with E-state index < -0.39 is 12.3 Å². The van der Waals surface area contributed by atoms with Crippen molar-refractivity contribution in [3.05, 3.63) is 16.1 Å². The quantitative estimate of drug-likeness (QED) is 0.569. The molecular formula is C9H13NO4S. The zero-order valence-corrected chi connectivity index (χ0v) is 9.67. The molecule has 1 aromatic rings. The van der Waals surface area contributed by atoms with Crippen LogP contribution in [-0.4, -0.2) is 31.8 Å². The van der Waals surface area contributed by atoms with Crippen molar-refractivity contribution in [2.24, 2.45) is 0 Å². The van der Waals surface area contributed by atoms with E-state index in [2.05, 4.69) is 4.98 Å². The molecule has 0 fully saturated rings. The summed E-state index contributed by atoms with van der Waals surface area (Å²) < 4.78 is 14.9. The summed E-state index contributed by atoms with van der Waals surface area (Å²) in [6.07, 6.45) is 1.07. The van der Waals surface area contributed by atoms with Crippen LogP contribution in [0.1, 0.15) is 27.9 Å². The Morgan fingerprint density at radius 2 is 2.20 bits per heavy atom. The van der Waals surface area contributed by atoms with Crippen LogP contribution in [0.2, 0.25) is 0 Å². The Balaban J connectivity index is 2.75. The lowest BCUT2D eigenvalue weighted by atomic mass is 10.5. The lowest BCUT2D eigenvalue weighted by Gasteiger charge is -2.09. The third kappa shape index (κ3) is 2.98. The summed E-state index contributed by atoms with van der Waals surface area (Å²) in [5, 5.41) is 0.311. The van der Waals surface area contributed by atoms with Crippen LogP contribution in [0.4, 0.5) is 0 Å². The number of rotatable bonds is 5. The molecule has 0 atom stereocenters. The Kier molecular flexibility index (Phi) is 4.67. The van der Waals surface area contributed by atoms with Gasteiger partial charge in [0, 0.05) is 20.4 Å². The fraction of sp³-hybridized carbons (Fsp3) is 0.556. The van der Waals surface area contributed by atoms with Crippen molar-refractivity contribution >= 4 is 17.3 Å². The first-order chi connectivity index (χ1) is 7.22. The molecule has 6 heteroatoms. The van der Waals surface area contributed by atoms with Gasteiger partial charge in [-0.1, -0.05) is 0 Å². The van der Waals surface area contributed by atoms with Crippen LogP contribution in [-0.2, 0) is 14.2 Å². The second-order valence-electron chi connectivity index (χ2n) is 2.59. The predicted molar refractivity (Wildman–Crippen MR) is 54.8 cm³/mol. The van der Waals surface area contributed by atoms with Gasteiger partial charge < -0.3 is 14.2 Å². The van der Waals surface area contributed by atoms with Crippen molar-refractivity contribution in [2.75, 3.05) is 20.8 Å². The molecule has 0 amide bonds. The number of carbonyl (C=O) groups is 1. The Bertz CT molecular complexity index is 322. The summed E-state index contributed by atoms with van der Waals surface area (Å²) in [5.74, 6) is -0.417. The molecule has 0 radical (unpaired) electrons. The second-order valence-corrected chi connectivity index (χ2v) is 3.65. The van der Waals surface area contributed by atoms with Crippen molar-refractivity contribution in [2.45, 2.75) is 13.2 Å². The minimum absolute atomic E-state index is 0.311. The van der Waals surface area contributed by atoms with Gasteiger partial charge in [-0.3, -0.25) is 0 Å². The predicted octanol–water partition coefficient (Wildman–Crippen LogP) is 1.61. The summed E-state index contributed by atoms with van der Waals surface area (Å²) in [6.45, 7) is 2.09. The highest BCUT2D eigenvalue weighted by Crippen LogP contribution is 2.24. The van der Waals surface area contributed by atoms with Crippen LogP contribution >= 0.6 is 11.3 Å². The zero-order chi connectivity index (χ0) is 11.3. The Hall–Kier alpha value is -0.980. The van der Waals surface area contributed by atoms with Gasteiger partial charge in [-0.25, -0.2) is 9.78 Å². The second kappa shape index (κ2) is 5.79. The number of carbonyl (C=O) groups excluding carboxylic acids is 1. The molecule has 0 aromatic carbocycles. The lowest BCUT2D eigenvalue weighted by Crippen LogP contribution is -2.03. The zero-order valence-electron chi connectivity index (χ0n) is 8.85. The van der Waals surface area contributed by atoms with Crippen molar-refractivity contribution in [1.29, 1.82) is 0 Å². The molecule has 0 spiro atoms. The Morgan fingerprint density at radius 3 is 2.73 bits per heavy atom. The molecule has 84 valence electrons. The summed E-state index contributed by atoms with van der Waals surface area (Å²) in [5.41, 5.74) is 0. The van der Waals surface area contributed by atoms with E-state index in [9.17, 15) is 4.79 Å². The molecule has 5 nitrogen and oxygen atoms in total. The van der Waals surface area contributed by atoms with Gasteiger partial charge in [0.15, 0.2) is 6.29 Å². The van der Waals surface area contributed by atoms with E-state index in [1.54, 1.807) is 13.1 Å². The molecule has 0 aliphatic rings. The van der Waals surface area contributed by atoms with Gasteiger partial charge in [0.05, 0.1) is 11.5 Å². The van der Waals surface area contributed by atoms with E-state index in [-0.39, 0.29) is 0 Å². The first kappa shape index (κ1) is 12.1. The molecule has 1 aromatic heterocycles. The van der Waals surface area contributed by atoms with Crippen molar-refractivity contribution in [1.82, 2.24) is 4.98 Å². The van der Waals surface area contributed by atoms with Crippen LogP contribution in [0.5, 0.6) is 0 Å². The molecule has 1 heterocycles. The Labute approximate surface area is 92.0 Å². The van der Waals surface area contributed by atoms with Crippen molar-refractivity contribution in [3.8, 4) is 0 Å². The first-order valence-corrected chi connectivity index (χ1v) is 5.23. The molecule has 0 N–H and O–H groups in total. The highest BCUT2D eigenvalue weighted by Gasteiger charge is 2.17. The van der Waals surface area contributed by atoms with Crippen LogP contribution in [0, 0.1) is 0 Å². The maximum Gasteiger partial charge on any atom is 0.367 e. The normalized spacial score (nSPS) is 10.7. The van der Waals surface area contributed by atoms with Crippen molar-refractivity contribution in [3.63, 3.8) is 0 Å². The van der Waals surface area contributed by atoms with Gasteiger partial charge in [-0.2, -0.15) is 0 Å². The number of aromatic nitrogens is 1. The van der Waals surface area contributed by atoms with Crippen LogP contribution in [0.3, 0.4) is 0 Å².